The number of imidazole rings is 1. The molecule has 0 N–H and O–H groups in total. The second-order valence-corrected chi connectivity index (χ2v) is 7.87. The Morgan fingerprint density at radius 3 is 2.45 bits per heavy atom. The molecule has 0 atom stereocenters. The van der Waals surface area contributed by atoms with Gasteiger partial charge in [-0.3, -0.25) is 9.80 Å². The zero-order chi connectivity index (χ0) is 19.6. The minimum absolute atomic E-state index is 0.721. The van der Waals surface area contributed by atoms with Crippen LogP contribution in [0, 0.1) is 0 Å². The van der Waals surface area contributed by atoms with Gasteiger partial charge >= 0.3 is 0 Å². The standard InChI is InChI=1S/C22H22ClN5O/c23-18-6-4-17(5-7-18)21-13-20(29-25-21)16-27-11-9-26(10-12-27)14-19-15-28-8-2-1-3-22(28)24-19/h1-8,13,15H,9-12,14,16H2. The van der Waals surface area contributed by atoms with Crippen LogP contribution in [0.25, 0.3) is 16.9 Å². The molecule has 5 rings (SSSR count). The molecule has 0 unspecified atom stereocenters. The fourth-order valence-corrected chi connectivity index (χ4v) is 3.89. The van der Waals surface area contributed by atoms with Gasteiger partial charge in [-0.15, -0.1) is 0 Å². The van der Waals surface area contributed by atoms with Crippen molar-refractivity contribution >= 4 is 17.2 Å². The Bertz CT molecular complexity index is 1060. The number of benzene rings is 1. The quantitative estimate of drug-likeness (QED) is 0.501. The first-order chi connectivity index (χ1) is 14.2. The summed E-state index contributed by atoms with van der Waals surface area (Å²) in [6, 6.07) is 15.8. The maximum absolute atomic E-state index is 5.96. The van der Waals surface area contributed by atoms with Gasteiger partial charge in [-0.05, 0) is 24.3 Å². The Labute approximate surface area is 174 Å². The summed E-state index contributed by atoms with van der Waals surface area (Å²) in [5.74, 6) is 0.892. The number of halogens is 1. The molecule has 4 aromatic rings. The van der Waals surface area contributed by atoms with Gasteiger partial charge < -0.3 is 8.92 Å². The topological polar surface area (TPSA) is 49.8 Å². The van der Waals surface area contributed by atoms with Crippen molar-refractivity contribution in [3.05, 3.63) is 77.4 Å². The van der Waals surface area contributed by atoms with E-state index >= 15 is 0 Å². The van der Waals surface area contributed by atoms with Gasteiger partial charge in [0.05, 0.1) is 12.2 Å². The number of piperazine rings is 1. The number of nitrogens with zero attached hydrogens (tertiary/aromatic N) is 5. The van der Waals surface area contributed by atoms with E-state index in [-0.39, 0.29) is 0 Å². The van der Waals surface area contributed by atoms with Crippen molar-refractivity contribution in [3.63, 3.8) is 0 Å². The van der Waals surface area contributed by atoms with Gasteiger partial charge in [0.1, 0.15) is 11.3 Å². The monoisotopic (exact) mass is 407 g/mol. The highest BCUT2D eigenvalue weighted by molar-refractivity contribution is 6.30. The largest absolute Gasteiger partial charge is 0.359 e. The first-order valence-corrected chi connectivity index (χ1v) is 10.2. The summed E-state index contributed by atoms with van der Waals surface area (Å²) in [7, 11) is 0. The SMILES string of the molecule is Clc1ccc(-c2cc(CN3CCN(Cc4cn5ccccc5n4)CC3)on2)cc1. The van der Waals surface area contributed by atoms with Gasteiger partial charge in [0.2, 0.25) is 0 Å². The molecule has 29 heavy (non-hydrogen) atoms. The van der Waals surface area contributed by atoms with E-state index in [9.17, 15) is 0 Å². The smallest absolute Gasteiger partial charge is 0.151 e. The lowest BCUT2D eigenvalue weighted by atomic mass is 10.1. The van der Waals surface area contributed by atoms with Crippen LogP contribution in [0.15, 0.2) is 65.4 Å². The third-order valence-electron chi connectivity index (χ3n) is 5.34. The fraction of sp³-hybridized carbons (Fsp3) is 0.273. The van der Waals surface area contributed by atoms with E-state index in [4.69, 9.17) is 21.1 Å². The van der Waals surface area contributed by atoms with Crippen molar-refractivity contribution in [2.24, 2.45) is 0 Å². The predicted octanol–water partition coefficient (Wildman–Crippen LogP) is 3.96. The summed E-state index contributed by atoms with van der Waals surface area (Å²) in [6.45, 7) is 5.72. The van der Waals surface area contributed by atoms with Gasteiger partial charge in [-0.2, -0.15) is 0 Å². The zero-order valence-corrected chi connectivity index (χ0v) is 16.8. The molecule has 4 heterocycles. The first-order valence-electron chi connectivity index (χ1n) is 9.82. The lowest BCUT2D eigenvalue weighted by Gasteiger charge is -2.33. The van der Waals surface area contributed by atoms with E-state index in [2.05, 4.69) is 25.6 Å². The maximum Gasteiger partial charge on any atom is 0.151 e. The Hall–Kier alpha value is -2.67. The molecule has 0 aliphatic carbocycles. The van der Waals surface area contributed by atoms with Crippen LogP contribution in [0.5, 0.6) is 0 Å². The van der Waals surface area contributed by atoms with E-state index in [0.29, 0.717) is 0 Å². The van der Waals surface area contributed by atoms with Gasteiger partial charge in [0, 0.05) is 61.8 Å². The van der Waals surface area contributed by atoms with Crippen molar-refractivity contribution in [3.8, 4) is 11.3 Å². The number of pyridine rings is 1. The molecular formula is C22H22ClN5O. The van der Waals surface area contributed by atoms with E-state index in [1.165, 1.54) is 0 Å². The molecule has 0 saturated carbocycles. The van der Waals surface area contributed by atoms with Gasteiger partial charge in [0.25, 0.3) is 0 Å². The second-order valence-electron chi connectivity index (χ2n) is 7.44. The van der Waals surface area contributed by atoms with Crippen LogP contribution in [0.1, 0.15) is 11.5 Å². The molecule has 1 aromatic carbocycles. The van der Waals surface area contributed by atoms with E-state index in [1.807, 2.05) is 54.7 Å². The normalized spacial score (nSPS) is 15.9. The Morgan fingerprint density at radius 2 is 1.69 bits per heavy atom. The van der Waals surface area contributed by atoms with Crippen LogP contribution in [0.3, 0.4) is 0 Å². The molecule has 3 aromatic heterocycles. The summed E-state index contributed by atoms with van der Waals surface area (Å²) in [4.78, 5) is 9.57. The number of hydrogen-bond donors (Lipinski definition) is 0. The van der Waals surface area contributed by atoms with Gasteiger partial charge in [0.15, 0.2) is 5.76 Å². The summed E-state index contributed by atoms with van der Waals surface area (Å²) in [5, 5.41) is 4.93. The molecule has 7 heteroatoms. The molecule has 0 radical (unpaired) electrons. The first kappa shape index (κ1) is 18.4. The fourth-order valence-electron chi connectivity index (χ4n) is 3.76. The molecule has 1 fully saturated rings. The minimum atomic E-state index is 0.721. The van der Waals surface area contributed by atoms with Crippen molar-refractivity contribution in [2.45, 2.75) is 13.1 Å². The number of aromatic nitrogens is 3. The molecule has 6 nitrogen and oxygen atoms in total. The van der Waals surface area contributed by atoms with Crippen LogP contribution in [0.2, 0.25) is 5.02 Å². The van der Waals surface area contributed by atoms with Crippen LogP contribution in [0.4, 0.5) is 0 Å². The lowest BCUT2D eigenvalue weighted by molar-refractivity contribution is 0.113. The average molecular weight is 408 g/mol. The number of hydrogen-bond acceptors (Lipinski definition) is 5. The van der Waals surface area contributed by atoms with Crippen LogP contribution in [-0.4, -0.2) is 50.5 Å². The molecular weight excluding hydrogens is 386 g/mol. The highest BCUT2D eigenvalue weighted by Gasteiger charge is 2.19. The van der Waals surface area contributed by atoms with E-state index in [1.54, 1.807) is 0 Å². The second kappa shape index (κ2) is 7.99. The van der Waals surface area contributed by atoms with Gasteiger partial charge in [-0.1, -0.05) is 35.0 Å². The van der Waals surface area contributed by atoms with E-state index < -0.39 is 0 Å². The van der Waals surface area contributed by atoms with Crippen molar-refractivity contribution in [1.29, 1.82) is 0 Å². The summed E-state index contributed by atoms with van der Waals surface area (Å²) < 4.78 is 7.63. The third-order valence-corrected chi connectivity index (χ3v) is 5.59. The highest BCUT2D eigenvalue weighted by Crippen LogP contribution is 2.22. The average Bonchev–Trinajstić information content (AvgIpc) is 3.36. The van der Waals surface area contributed by atoms with Crippen LogP contribution >= 0.6 is 11.6 Å². The highest BCUT2D eigenvalue weighted by atomic mass is 35.5. The Morgan fingerprint density at radius 1 is 0.931 bits per heavy atom. The maximum atomic E-state index is 5.96. The molecule has 0 bridgehead atoms. The van der Waals surface area contributed by atoms with Crippen molar-refractivity contribution in [1.82, 2.24) is 24.3 Å². The third kappa shape index (κ3) is 4.19. The lowest BCUT2D eigenvalue weighted by Crippen LogP contribution is -2.45. The molecule has 148 valence electrons. The summed E-state index contributed by atoms with van der Waals surface area (Å²) in [6.07, 6.45) is 4.16. The van der Waals surface area contributed by atoms with Gasteiger partial charge in [-0.25, -0.2) is 4.98 Å². The van der Waals surface area contributed by atoms with Crippen LogP contribution < -0.4 is 0 Å². The summed E-state index contributed by atoms with van der Waals surface area (Å²) in [5.41, 5.74) is 3.99. The number of fused-ring (bicyclic) bond motifs is 1. The predicted molar refractivity (Wildman–Crippen MR) is 113 cm³/mol. The summed E-state index contributed by atoms with van der Waals surface area (Å²) >= 11 is 5.96. The molecule has 0 amide bonds. The van der Waals surface area contributed by atoms with E-state index in [0.717, 1.165) is 72.6 Å². The Kier molecular flexibility index (Phi) is 5.06. The molecule has 0 spiro atoms. The number of rotatable bonds is 5. The zero-order valence-electron chi connectivity index (χ0n) is 16.0. The minimum Gasteiger partial charge on any atom is -0.359 e. The Balaban J connectivity index is 1.15. The van der Waals surface area contributed by atoms with Crippen molar-refractivity contribution < 1.29 is 4.52 Å². The van der Waals surface area contributed by atoms with Crippen molar-refractivity contribution in [2.75, 3.05) is 26.2 Å². The molecule has 1 saturated heterocycles. The molecule has 1 aliphatic heterocycles. The molecule has 1 aliphatic rings. The van der Waals surface area contributed by atoms with Crippen LogP contribution in [-0.2, 0) is 13.1 Å².